The zero-order chi connectivity index (χ0) is 30.3. The summed E-state index contributed by atoms with van der Waals surface area (Å²) in [5, 5.41) is 106. The summed E-state index contributed by atoms with van der Waals surface area (Å²) in [6.07, 6.45) is -21.0. The molecule has 0 aromatic carbocycles. The van der Waals surface area contributed by atoms with Crippen LogP contribution < -0.4 is 10.6 Å². The minimum atomic E-state index is -2.00. The Labute approximate surface area is 228 Å². The highest BCUT2D eigenvalue weighted by Crippen LogP contribution is 2.31. The molecule has 2 aliphatic heterocycles. The van der Waals surface area contributed by atoms with Gasteiger partial charge in [0.1, 0.15) is 67.1 Å². The van der Waals surface area contributed by atoms with Crippen molar-refractivity contribution in [3.8, 4) is 0 Å². The molecule has 40 heavy (non-hydrogen) atoms. The van der Waals surface area contributed by atoms with Gasteiger partial charge in [-0.2, -0.15) is 0 Å². The molecule has 2 rings (SSSR count). The predicted molar refractivity (Wildman–Crippen MR) is 127 cm³/mol. The Kier molecular flexibility index (Phi) is 13.5. The van der Waals surface area contributed by atoms with Crippen molar-refractivity contribution in [3.05, 3.63) is 0 Å². The number of ether oxygens (including phenoxy) is 4. The van der Waals surface area contributed by atoms with Gasteiger partial charge in [-0.3, -0.25) is 9.59 Å². The van der Waals surface area contributed by atoms with Crippen molar-refractivity contribution in [2.24, 2.45) is 0 Å². The van der Waals surface area contributed by atoms with E-state index in [1.54, 1.807) is 0 Å². The average molecular weight is 589 g/mol. The van der Waals surface area contributed by atoms with E-state index in [-0.39, 0.29) is 0 Å². The smallest absolute Gasteiger partial charge is 0.217 e. The molecule has 0 bridgehead atoms. The number of carbonyl (C=O) groups excluding carboxylic acids is 2. The van der Waals surface area contributed by atoms with Crippen LogP contribution in [0.3, 0.4) is 0 Å². The molecule has 0 aliphatic carbocycles. The molecule has 14 atom stereocenters. The van der Waals surface area contributed by atoms with Gasteiger partial charge in [-0.25, -0.2) is 0 Å². The lowest BCUT2D eigenvalue weighted by molar-refractivity contribution is -0.358. The molecule has 12 N–H and O–H groups in total. The van der Waals surface area contributed by atoms with Crippen molar-refractivity contribution in [3.63, 3.8) is 0 Å². The Bertz CT molecular complexity index is 809. The third-order valence-electron chi connectivity index (χ3n) is 6.56. The Morgan fingerprint density at radius 2 is 1.38 bits per heavy atom. The second kappa shape index (κ2) is 15.6. The summed E-state index contributed by atoms with van der Waals surface area (Å²) in [6, 6.07) is -2.86. The van der Waals surface area contributed by atoms with E-state index in [9.17, 15) is 60.7 Å². The standard InChI is InChI=1S/C22H40N2O16/c1-7(29)23-9(3-25)14(32)19(10(31)4-26)39-22-18(36)20(16(34)12(6-28)38-22)40-21-13(24-8(2)30)17(35)15(33)11(5-27)37-21/h9-22,25-28,31-36H,3-6H2,1-2H3,(H,23,29)(H,24,30)/t9-,10+,11+,12+,13+,14+,15+,16-,17+,18+,19+,20-,21-,22-/m0/s1. The summed E-state index contributed by atoms with van der Waals surface area (Å²) in [5.41, 5.74) is 0. The molecule has 0 aromatic heterocycles. The van der Waals surface area contributed by atoms with E-state index in [0.29, 0.717) is 0 Å². The number of rotatable bonds is 13. The normalized spacial score (nSPS) is 37.7. The van der Waals surface area contributed by atoms with Gasteiger partial charge in [0.25, 0.3) is 0 Å². The maximum absolute atomic E-state index is 11.7. The highest BCUT2D eigenvalue weighted by molar-refractivity contribution is 5.73. The molecule has 2 heterocycles. The summed E-state index contributed by atoms with van der Waals surface area (Å²) < 4.78 is 22.0. The maximum atomic E-state index is 11.7. The third kappa shape index (κ3) is 8.23. The van der Waals surface area contributed by atoms with Gasteiger partial charge in [0.05, 0.1) is 32.5 Å². The minimum Gasteiger partial charge on any atom is -0.394 e. The van der Waals surface area contributed by atoms with Crippen LogP contribution in [-0.4, -0.2) is 175 Å². The zero-order valence-electron chi connectivity index (χ0n) is 21.8. The van der Waals surface area contributed by atoms with Gasteiger partial charge in [-0.15, -0.1) is 0 Å². The van der Waals surface area contributed by atoms with Crippen LogP contribution in [0, 0.1) is 0 Å². The van der Waals surface area contributed by atoms with E-state index in [2.05, 4.69) is 10.6 Å². The van der Waals surface area contributed by atoms with Gasteiger partial charge in [-0.05, 0) is 0 Å². The molecule has 2 fully saturated rings. The lowest BCUT2D eigenvalue weighted by Gasteiger charge is -2.47. The van der Waals surface area contributed by atoms with Crippen LogP contribution in [0.25, 0.3) is 0 Å². The molecule has 234 valence electrons. The van der Waals surface area contributed by atoms with Gasteiger partial charge >= 0.3 is 0 Å². The van der Waals surface area contributed by atoms with E-state index in [1.165, 1.54) is 0 Å². The van der Waals surface area contributed by atoms with E-state index in [4.69, 9.17) is 18.9 Å². The van der Waals surface area contributed by atoms with Crippen LogP contribution >= 0.6 is 0 Å². The zero-order valence-corrected chi connectivity index (χ0v) is 21.8. The van der Waals surface area contributed by atoms with E-state index < -0.39 is 124 Å². The lowest BCUT2D eigenvalue weighted by Crippen LogP contribution is -2.68. The highest BCUT2D eigenvalue weighted by atomic mass is 16.7. The number of aliphatic hydroxyl groups is 10. The number of hydrogen-bond acceptors (Lipinski definition) is 16. The molecular weight excluding hydrogens is 548 g/mol. The topological polar surface area (TPSA) is 297 Å². The first kappa shape index (κ1) is 34.6. The Morgan fingerprint density at radius 3 is 1.88 bits per heavy atom. The Hall–Kier alpha value is -1.62. The molecule has 2 aliphatic rings. The summed E-state index contributed by atoms with van der Waals surface area (Å²) in [4.78, 5) is 23.2. The fraction of sp³-hybridized carbons (Fsp3) is 0.909. The molecule has 0 aromatic rings. The number of aliphatic hydroxyl groups excluding tert-OH is 10. The lowest BCUT2D eigenvalue weighted by atomic mass is 9.95. The Morgan fingerprint density at radius 1 is 0.800 bits per heavy atom. The van der Waals surface area contributed by atoms with E-state index >= 15 is 0 Å². The van der Waals surface area contributed by atoms with E-state index in [0.717, 1.165) is 13.8 Å². The van der Waals surface area contributed by atoms with Crippen LogP contribution in [0.4, 0.5) is 0 Å². The molecule has 0 spiro atoms. The average Bonchev–Trinajstić information content (AvgIpc) is 2.91. The van der Waals surface area contributed by atoms with Gasteiger partial charge in [0, 0.05) is 13.8 Å². The summed E-state index contributed by atoms with van der Waals surface area (Å²) in [7, 11) is 0. The first-order valence-electron chi connectivity index (χ1n) is 12.5. The number of carbonyl (C=O) groups is 2. The molecular formula is C22H40N2O16. The summed E-state index contributed by atoms with van der Waals surface area (Å²) >= 11 is 0. The predicted octanol–water partition coefficient (Wildman–Crippen LogP) is -7.65. The largest absolute Gasteiger partial charge is 0.394 e. The molecule has 0 saturated carbocycles. The highest BCUT2D eigenvalue weighted by Gasteiger charge is 2.52. The number of nitrogens with one attached hydrogen (secondary N) is 2. The van der Waals surface area contributed by atoms with Gasteiger partial charge in [-0.1, -0.05) is 0 Å². The maximum Gasteiger partial charge on any atom is 0.217 e. The van der Waals surface area contributed by atoms with Crippen LogP contribution in [0.1, 0.15) is 13.8 Å². The van der Waals surface area contributed by atoms with Crippen molar-refractivity contribution >= 4 is 11.8 Å². The van der Waals surface area contributed by atoms with Crippen molar-refractivity contribution in [2.75, 3.05) is 26.4 Å². The molecule has 0 unspecified atom stereocenters. The number of hydrogen-bond donors (Lipinski definition) is 12. The van der Waals surface area contributed by atoms with Gasteiger partial charge < -0.3 is 80.6 Å². The first-order chi connectivity index (χ1) is 18.8. The molecule has 18 nitrogen and oxygen atoms in total. The second-order valence-corrected chi connectivity index (χ2v) is 9.57. The molecule has 2 amide bonds. The monoisotopic (exact) mass is 588 g/mol. The molecule has 0 radical (unpaired) electrons. The summed E-state index contributed by atoms with van der Waals surface area (Å²) in [5.74, 6) is -1.33. The van der Waals surface area contributed by atoms with Crippen LogP contribution in [0.5, 0.6) is 0 Å². The van der Waals surface area contributed by atoms with Crippen molar-refractivity contribution in [1.29, 1.82) is 0 Å². The fourth-order valence-electron chi connectivity index (χ4n) is 4.45. The van der Waals surface area contributed by atoms with Crippen LogP contribution in [0.2, 0.25) is 0 Å². The fourth-order valence-corrected chi connectivity index (χ4v) is 4.45. The Balaban J connectivity index is 2.35. The second-order valence-electron chi connectivity index (χ2n) is 9.57. The van der Waals surface area contributed by atoms with E-state index in [1.807, 2.05) is 0 Å². The van der Waals surface area contributed by atoms with Crippen molar-refractivity contribution < 1.29 is 79.6 Å². The van der Waals surface area contributed by atoms with Crippen molar-refractivity contribution in [2.45, 2.75) is 99.6 Å². The van der Waals surface area contributed by atoms with Crippen LogP contribution in [-0.2, 0) is 28.5 Å². The van der Waals surface area contributed by atoms with Crippen LogP contribution in [0.15, 0.2) is 0 Å². The van der Waals surface area contributed by atoms with Gasteiger partial charge in [0.2, 0.25) is 11.8 Å². The third-order valence-corrected chi connectivity index (χ3v) is 6.56. The SMILES string of the molecule is CC(=O)N[C@H]1[C@H](O[C@H]2[C@@H](O)[C@@H](CO)O[C@@H](O[C@@H]([C@H](O)[C@H](CO)NC(C)=O)[C@H](O)CO)[C@@H]2O)O[C@H](CO)[C@@H](O)[C@@H]1O. The first-order valence-corrected chi connectivity index (χ1v) is 12.5. The molecule has 18 heteroatoms. The quantitative estimate of drug-likeness (QED) is 0.0950. The minimum absolute atomic E-state index is 0.657. The summed E-state index contributed by atoms with van der Waals surface area (Å²) in [6.45, 7) is -1.26. The molecule has 2 saturated heterocycles. The number of amides is 2. The van der Waals surface area contributed by atoms with Crippen molar-refractivity contribution in [1.82, 2.24) is 10.6 Å². The van der Waals surface area contributed by atoms with Gasteiger partial charge in [0.15, 0.2) is 12.6 Å².